The highest BCUT2D eigenvalue weighted by Crippen LogP contribution is 2.38. The van der Waals surface area contributed by atoms with E-state index in [1.165, 1.54) is 36.4 Å². The minimum atomic E-state index is -4.10. The summed E-state index contributed by atoms with van der Waals surface area (Å²) in [7, 11) is -7.98. The average Bonchev–Trinajstić information content (AvgIpc) is 2.82. The van der Waals surface area contributed by atoms with Crippen LogP contribution in [0.25, 0.3) is 0 Å². The molecule has 24 heavy (non-hydrogen) atoms. The summed E-state index contributed by atoms with van der Waals surface area (Å²) in [6.45, 7) is 1.68. The zero-order chi connectivity index (χ0) is 17.7. The number of fused-ring (bicyclic) bond motifs is 1. The third-order valence-corrected chi connectivity index (χ3v) is 6.78. The number of benzene rings is 2. The normalized spacial score (nSPS) is 17.8. The Kier molecular flexibility index (Phi) is 3.89. The Balaban J connectivity index is 2.14. The van der Waals surface area contributed by atoms with Gasteiger partial charge in [0, 0.05) is 6.04 Å². The quantitative estimate of drug-likeness (QED) is 0.887. The highest BCUT2D eigenvalue weighted by Gasteiger charge is 2.37. The highest BCUT2D eigenvalue weighted by molar-refractivity contribution is 7.93. The Morgan fingerprint density at radius 2 is 1.79 bits per heavy atom. The van der Waals surface area contributed by atoms with Crippen LogP contribution in [0.15, 0.2) is 52.3 Å². The molecule has 1 atom stereocenters. The Hall–Kier alpha value is -1.97. The number of nitrogens with zero attached hydrogens (tertiary/aromatic N) is 1. The maximum absolute atomic E-state index is 14.0. The molecule has 0 amide bonds. The fraction of sp³-hybridized carbons (Fsp3) is 0.200. The standard InChI is InChI=1S/C15H15FN2O4S2/c1-10-8-11-9-12(23(17,19)20)6-7-14(11)18(10)24(21,22)15-5-3-2-4-13(15)16/h2-7,9-10H,8H2,1H3,(H2,17,19,20). The van der Waals surface area contributed by atoms with Crippen molar-refractivity contribution < 1.29 is 21.2 Å². The lowest BCUT2D eigenvalue weighted by atomic mass is 10.1. The summed E-state index contributed by atoms with van der Waals surface area (Å²) < 4.78 is 63.7. The van der Waals surface area contributed by atoms with Crippen LogP contribution in [0, 0.1) is 5.82 Å². The molecule has 0 bridgehead atoms. The van der Waals surface area contributed by atoms with Crippen LogP contribution in [0.4, 0.5) is 10.1 Å². The van der Waals surface area contributed by atoms with Crippen LogP contribution in [0.3, 0.4) is 0 Å². The molecule has 1 aliphatic rings. The van der Waals surface area contributed by atoms with Gasteiger partial charge in [-0.05, 0) is 49.2 Å². The van der Waals surface area contributed by atoms with E-state index in [-0.39, 0.29) is 4.90 Å². The number of sulfonamides is 2. The van der Waals surface area contributed by atoms with Gasteiger partial charge in [0.15, 0.2) is 0 Å². The van der Waals surface area contributed by atoms with Crippen LogP contribution in [0.1, 0.15) is 12.5 Å². The Labute approximate surface area is 139 Å². The lowest BCUT2D eigenvalue weighted by Crippen LogP contribution is -2.36. The summed E-state index contributed by atoms with van der Waals surface area (Å²) in [4.78, 5) is -0.501. The first-order valence-corrected chi connectivity index (χ1v) is 10.1. The first kappa shape index (κ1) is 16.9. The topological polar surface area (TPSA) is 97.5 Å². The van der Waals surface area contributed by atoms with Gasteiger partial charge in [-0.25, -0.2) is 26.4 Å². The number of rotatable bonds is 3. The molecule has 2 aromatic carbocycles. The predicted octanol–water partition coefficient (Wildman–Crippen LogP) is 1.61. The average molecular weight is 370 g/mol. The third kappa shape index (κ3) is 2.68. The Bertz CT molecular complexity index is 1020. The van der Waals surface area contributed by atoms with Gasteiger partial charge >= 0.3 is 0 Å². The smallest absolute Gasteiger partial charge is 0.263 e. The lowest BCUT2D eigenvalue weighted by molar-refractivity contribution is 0.559. The van der Waals surface area contributed by atoms with E-state index >= 15 is 0 Å². The largest absolute Gasteiger partial charge is 0.267 e. The maximum Gasteiger partial charge on any atom is 0.267 e. The van der Waals surface area contributed by atoms with E-state index in [0.29, 0.717) is 17.7 Å². The molecule has 2 N–H and O–H groups in total. The molecule has 9 heteroatoms. The SMILES string of the molecule is CC1Cc2cc(S(N)(=O)=O)ccc2N1S(=O)(=O)c1ccccc1F. The molecule has 0 saturated heterocycles. The van der Waals surface area contributed by atoms with E-state index < -0.39 is 36.8 Å². The molecule has 0 radical (unpaired) electrons. The molecule has 3 rings (SSSR count). The number of nitrogens with two attached hydrogens (primary N) is 1. The predicted molar refractivity (Wildman–Crippen MR) is 87.0 cm³/mol. The molecule has 0 spiro atoms. The van der Waals surface area contributed by atoms with E-state index in [4.69, 9.17) is 5.14 Å². The highest BCUT2D eigenvalue weighted by atomic mass is 32.2. The first-order chi connectivity index (χ1) is 11.1. The van der Waals surface area contributed by atoms with Crippen LogP contribution in [0.5, 0.6) is 0 Å². The van der Waals surface area contributed by atoms with Crippen LogP contribution in [0.2, 0.25) is 0 Å². The van der Waals surface area contributed by atoms with Gasteiger partial charge in [-0.3, -0.25) is 4.31 Å². The van der Waals surface area contributed by atoms with Crippen molar-refractivity contribution >= 4 is 25.7 Å². The number of halogens is 1. The van der Waals surface area contributed by atoms with Gasteiger partial charge in [0.2, 0.25) is 10.0 Å². The van der Waals surface area contributed by atoms with Crippen molar-refractivity contribution in [2.45, 2.75) is 29.2 Å². The van der Waals surface area contributed by atoms with Gasteiger partial charge < -0.3 is 0 Å². The zero-order valence-corrected chi connectivity index (χ0v) is 14.3. The van der Waals surface area contributed by atoms with E-state index in [1.807, 2.05) is 0 Å². The van der Waals surface area contributed by atoms with Gasteiger partial charge in [-0.2, -0.15) is 0 Å². The van der Waals surface area contributed by atoms with Gasteiger partial charge in [0.25, 0.3) is 10.0 Å². The van der Waals surface area contributed by atoms with Crippen molar-refractivity contribution in [3.05, 3.63) is 53.8 Å². The minimum absolute atomic E-state index is 0.0846. The monoisotopic (exact) mass is 370 g/mol. The molecular formula is C15H15FN2O4S2. The second-order valence-electron chi connectivity index (χ2n) is 5.62. The lowest BCUT2D eigenvalue weighted by Gasteiger charge is -2.24. The molecule has 6 nitrogen and oxygen atoms in total. The van der Waals surface area contributed by atoms with Gasteiger partial charge in [-0.1, -0.05) is 12.1 Å². The first-order valence-electron chi connectivity index (χ1n) is 7.07. The van der Waals surface area contributed by atoms with Crippen molar-refractivity contribution in [1.29, 1.82) is 0 Å². The summed E-state index contributed by atoms with van der Waals surface area (Å²) in [6, 6.07) is 8.66. The van der Waals surface area contributed by atoms with E-state index in [1.54, 1.807) is 6.92 Å². The van der Waals surface area contributed by atoms with Crippen molar-refractivity contribution in [3.8, 4) is 0 Å². The molecule has 0 aliphatic carbocycles. The van der Waals surface area contributed by atoms with E-state index in [9.17, 15) is 21.2 Å². The molecule has 0 fully saturated rings. The summed E-state index contributed by atoms with van der Waals surface area (Å²) >= 11 is 0. The molecule has 2 aromatic rings. The molecule has 128 valence electrons. The van der Waals surface area contributed by atoms with Crippen LogP contribution in [-0.4, -0.2) is 22.9 Å². The molecule has 0 aromatic heterocycles. The molecule has 0 saturated carbocycles. The molecule has 1 unspecified atom stereocenters. The third-order valence-electron chi connectivity index (χ3n) is 3.91. The van der Waals surface area contributed by atoms with Crippen LogP contribution in [-0.2, 0) is 26.5 Å². The fourth-order valence-electron chi connectivity index (χ4n) is 2.88. The zero-order valence-electron chi connectivity index (χ0n) is 12.7. The second-order valence-corrected chi connectivity index (χ2v) is 8.96. The van der Waals surface area contributed by atoms with Crippen molar-refractivity contribution in [2.24, 2.45) is 5.14 Å². The van der Waals surface area contributed by atoms with E-state index in [2.05, 4.69) is 0 Å². The number of primary sulfonamides is 1. The van der Waals surface area contributed by atoms with Crippen LogP contribution < -0.4 is 9.44 Å². The van der Waals surface area contributed by atoms with Crippen LogP contribution >= 0.6 is 0 Å². The van der Waals surface area contributed by atoms with Crippen molar-refractivity contribution in [1.82, 2.24) is 0 Å². The summed E-state index contributed by atoms with van der Waals surface area (Å²) in [5, 5.41) is 5.11. The Morgan fingerprint density at radius 3 is 2.42 bits per heavy atom. The minimum Gasteiger partial charge on any atom is -0.263 e. The van der Waals surface area contributed by atoms with E-state index in [0.717, 1.165) is 10.4 Å². The summed E-state index contributed by atoms with van der Waals surface area (Å²) in [5.41, 5.74) is 0.868. The molecule has 1 aliphatic heterocycles. The van der Waals surface area contributed by atoms with Gasteiger partial charge in [-0.15, -0.1) is 0 Å². The maximum atomic E-state index is 14.0. The Morgan fingerprint density at radius 1 is 1.12 bits per heavy atom. The van der Waals surface area contributed by atoms with Crippen molar-refractivity contribution in [2.75, 3.05) is 4.31 Å². The van der Waals surface area contributed by atoms with Gasteiger partial charge in [0.05, 0.1) is 10.6 Å². The fourth-order valence-corrected chi connectivity index (χ4v) is 5.21. The number of hydrogen-bond acceptors (Lipinski definition) is 4. The number of anilines is 1. The second kappa shape index (κ2) is 5.54. The molecule has 1 heterocycles. The molecular weight excluding hydrogens is 355 g/mol. The number of hydrogen-bond donors (Lipinski definition) is 1. The summed E-state index contributed by atoms with van der Waals surface area (Å²) in [5.74, 6) is -0.834. The van der Waals surface area contributed by atoms with Gasteiger partial charge in [0.1, 0.15) is 10.7 Å². The van der Waals surface area contributed by atoms with Crippen molar-refractivity contribution in [3.63, 3.8) is 0 Å². The summed E-state index contributed by atoms with van der Waals surface area (Å²) in [6.07, 6.45) is 0.312.